The maximum absolute atomic E-state index is 12.9. The summed E-state index contributed by atoms with van der Waals surface area (Å²) in [6.45, 7) is 0.354. The highest BCUT2D eigenvalue weighted by Crippen LogP contribution is 2.31. The van der Waals surface area contributed by atoms with Crippen molar-refractivity contribution >= 4 is 16.9 Å². The van der Waals surface area contributed by atoms with Gasteiger partial charge in [-0.25, -0.2) is 9.97 Å². The third kappa shape index (κ3) is 3.69. The maximum atomic E-state index is 12.9. The molecule has 0 aliphatic rings. The Hall–Kier alpha value is -3.35. The molecule has 0 aliphatic carbocycles. The van der Waals surface area contributed by atoms with Crippen LogP contribution >= 0.6 is 0 Å². The van der Waals surface area contributed by atoms with E-state index >= 15 is 0 Å². The van der Waals surface area contributed by atoms with Gasteiger partial charge in [-0.15, -0.1) is 0 Å². The summed E-state index contributed by atoms with van der Waals surface area (Å²) in [4.78, 5) is 10.8. The van der Waals surface area contributed by atoms with E-state index in [4.69, 9.17) is 0 Å². The minimum atomic E-state index is -4.50. The normalized spacial score (nSPS) is 12.8. The van der Waals surface area contributed by atoms with E-state index in [0.29, 0.717) is 6.54 Å². The van der Waals surface area contributed by atoms with Crippen molar-refractivity contribution in [3.05, 3.63) is 89.9 Å². The first-order chi connectivity index (χ1) is 13.5. The van der Waals surface area contributed by atoms with E-state index in [1.807, 2.05) is 60.8 Å². The second-order valence-electron chi connectivity index (χ2n) is 6.40. The Kier molecular flexibility index (Phi) is 4.73. The molecule has 2 N–H and O–H groups in total. The number of alkyl halides is 3. The Balaban J connectivity index is 1.66. The van der Waals surface area contributed by atoms with Gasteiger partial charge in [0, 0.05) is 35.8 Å². The maximum Gasteiger partial charge on any atom is 0.433 e. The van der Waals surface area contributed by atoms with Crippen molar-refractivity contribution in [2.24, 2.45) is 0 Å². The van der Waals surface area contributed by atoms with Crippen LogP contribution in [0.2, 0.25) is 0 Å². The van der Waals surface area contributed by atoms with Crippen molar-refractivity contribution in [1.29, 1.82) is 0 Å². The predicted molar refractivity (Wildman–Crippen MR) is 102 cm³/mol. The summed E-state index contributed by atoms with van der Waals surface area (Å²) in [6.07, 6.45) is -1.45. The summed E-state index contributed by atoms with van der Waals surface area (Å²) in [6, 6.07) is 18.6. The standard InChI is InChI=1S/C21H17F3N4/c22-21(23,24)19-10-11-25-20(28-19)27-12-16(14-6-2-1-3-7-14)17-13-26-18-9-5-4-8-15(17)18/h1-11,13,16,26H,12H2,(H,25,27,28). The monoisotopic (exact) mass is 382 g/mol. The van der Waals surface area contributed by atoms with Crippen LogP contribution in [0.1, 0.15) is 22.7 Å². The molecule has 0 aliphatic heterocycles. The Labute approximate surface area is 159 Å². The Morgan fingerprint density at radius 1 is 0.964 bits per heavy atom. The average Bonchev–Trinajstić information content (AvgIpc) is 3.13. The zero-order valence-electron chi connectivity index (χ0n) is 14.7. The Morgan fingerprint density at radius 2 is 1.71 bits per heavy atom. The summed E-state index contributed by atoms with van der Waals surface area (Å²) in [7, 11) is 0. The number of fused-ring (bicyclic) bond motifs is 1. The van der Waals surface area contributed by atoms with E-state index in [1.54, 1.807) is 0 Å². The van der Waals surface area contributed by atoms with Gasteiger partial charge in [-0.05, 0) is 23.3 Å². The zero-order chi connectivity index (χ0) is 19.6. The molecule has 4 nitrogen and oxygen atoms in total. The molecule has 0 saturated carbocycles. The lowest BCUT2D eigenvalue weighted by Gasteiger charge is -2.18. The van der Waals surface area contributed by atoms with Crippen LogP contribution in [0.15, 0.2) is 73.1 Å². The van der Waals surface area contributed by atoms with Gasteiger partial charge in [0.1, 0.15) is 5.69 Å². The van der Waals surface area contributed by atoms with Gasteiger partial charge in [0.25, 0.3) is 0 Å². The fraction of sp³-hybridized carbons (Fsp3) is 0.143. The molecule has 0 amide bonds. The fourth-order valence-corrected chi connectivity index (χ4v) is 3.27. The van der Waals surface area contributed by atoms with Crippen LogP contribution in [0.25, 0.3) is 10.9 Å². The quantitative estimate of drug-likeness (QED) is 0.498. The van der Waals surface area contributed by atoms with Crippen LogP contribution in [-0.2, 0) is 6.18 Å². The number of rotatable bonds is 5. The molecule has 1 atom stereocenters. The lowest BCUT2D eigenvalue weighted by Crippen LogP contribution is -2.17. The van der Waals surface area contributed by atoms with E-state index < -0.39 is 11.9 Å². The Bertz CT molecular complexity index is 1070. The fourth-order valence-electron chi connectivity index (χ4n) is 3.27. The highest BCUT2D eigenvalue weighted by molar-refractivity contribution is 5.84. The molecule has 0 spiro atoms. The van der Waals surface area contributed by atoms with Crippen molar-refractivity contribution in [2.45, 2.75) is 12.1 Å². The van der Waals surface area contributed by atoms with Gasteiger partial charge in [-0.1, -0.05) is 48.5 Å². The number of anilines is 1. The van der Waals surface area contributed by atoms with Crippen molar-refractivity contribution in [3.8, 4) is 0 Å². The van der Waals surface area contributed by atoms with Gasteiger partial charge in [0.2, 0.25) is 5.95 Å². The molecular weight excluding hydrogens is 365 g/mol. The summed E-state index contributed by atoms with van der Waals surface area (Å²) < 4.78 is 38.7. The molecule has 0 bridgehead atoms. The molecular formula is C21H17F3N4. The van der Waals surface area contributed by atoms with E-state index in [0.717, 1.165) is 34.3 Å². The highest BCUT2D eigenvalue weighted by atomic mass is 19.4. The molecule has 142 valence electrons. The van der Waals surface area contributed by atoms with Crippen molar-refractivity contribution in [3.63, 3.8) is 0 Å². The summed E-state index contributed by atoms with van der Waals surface area (Å²) in [5.41, 5.74) is 2.15. The van der Waals surface area contributed by atoms with Crippen LogP contribution < -0.4 is 5.32 Å². The van der Waals surface area contributed by atoms with Gasteiger partial charge in [0.15, 0.2) is 0 Å². The first kappa shape index (κ1) is 18.0. The largest absolute Gasteiger partial charge is 0.433 e. The lowest BCUT2D eigenvalue weighted by atomic mass is 9.91. The van der Waals surface area contributed by atoms with Crippen LogP contribution in [0.3, 0.4) is 0 Å². The third-order valence-electron chi connectivity index (χ3n) is 4.61. The number of hydrogen-bond acceptors (Lipinski definition) is 3. The number of aromatic nitrogens is 3. The van der Waals surface area contributed by atoms with Gasteiger partial charge < -0.3 is 10.3 Å². The van der Waals surface area contributed by atoms with E-state index in [2.05, 4.69) is 20.3 Å². The number of para-hydroxylation sites is 1. The number of halogens is 3. The molecule has 2 aromatic heterocycles. The highest BCUT2D eigenvalue weighted by Gasteiger charge is 2.32. The van der Waals surface area contributed by atoms with Crippen molar-refractivity contribution < 1.29 is 13.2 Å². The van der Waals surface area contributed by atoms with Gasteiger partial charge >= 0.3 is 6.18 Å². The SMILES string of the molecule is FC(F)(F)c1ccnc(NCC(c2ccccc2)c2c[nH]c3ccccc23)n1. The number of H-pyrrole nitrogens is 1. The van der Waals surface area contributed by atoms with E-state index in [9.17, 15) is 13.2 Å². The van der Waals surface area contributed by atoms with Crippen LogP contribution in [-0.4, -0.2) is 21.5 Å². The molecule has 4 rings (SSSR count). The Morgan fingerprint density at radius 3 is 2.50 bits per heavy atom. The number of nitrogens with zero attached hydrogens (tertiary/aromatic N) is 2. The smallest absolute Gasteiger partial charge is 0.361 e. The van der Waals surface area contributed by atoms with E-state index in [-0.39, 0.29) is 11.9 Å². The first-order valence-corrected chi connectivity index (χ1v) is 8.77. The van der Waals surface area contributed by atoms with Crippen LogP contribution in [0, 0.1) is 0 Å². The molecule has 2 heterocycles. The molecule has 2 aromatic carbocycles. The zero-order valence-corrected chi connectivity index (χ0v) is 14.7. The van der Waals surface area contributed by atoms with Crippen molar-refractivity contribution in [2.75, 3.05) is 11.9 Å². The summed E-state index contributed by atoms with van der Waals surface area (Å²) in [5, 5.41) is 4.04. The third-order valence-corrected chi connectivity index (χ3v) is 4.61. The second-order valence-corrected chi connectivity index (χ2v) is 6.40. The van der Waals surface area contributed by atoms with E-state index in [1.165, 1.54) is 0 Å². The van der Waals surface area contributed by atoms with Crippen LogP contribution in [0.4, 0.5) is 19.1 Å². The summed E-state index contributed by atoms with van der Waals surface area (Å²) in [5.74, 6) is -0.133. The van der Waals surface area contributed by atoms with Crippen LogP contribution in [0.5, 0.6) is 0 Å². The lowest BCUT2D eigenvalue weighted by molar-refractivity contribution is -0.141. The number of hydrogen-bond donors (Lipinski definition) is 2. The number of benzene rings is 2. The molecule has 0 saturated heterocycles. The minimum absolute atomic E-state index is 0.0457. The molecule has 0 radical (unpaired) electrons. The minimum Gasteiger partial charge on any atom is -0.361 e. The molecule has 1 unspecified atom stereocenters. The predicted octanol–water partition coefficient (Wildman–Crippen LogP) is 5.22. The van der Waals surface area contributed by atoms with Gasteiger partial charge in [-0.3, -0.25) is 0 Å². The first-order valence-electron chi connectivity index (χ1n) is 8.77. The average molecular weight is 382 g/mol. The number of nitrogens with one attached hydrogen (secondary N) is 2. The molecule has 4 aromatic rings. The van der Waals surface area contributed by atoms with Gasteiger partial charge in [0.05, 0.1) is 0 Å². The van der Waals surface area contributed by atoms with Gasteiger partial charge in [-0.2, -0.15) is 13.2 Å². The molecule has 28 heavy (non-hydrogen) atoms. The topological polar surface area (TPSA) is 53.6 Å². The molecule has 7 heteroatoms. The van der Waals surface area contributed by atoms with Crippen molar-refractivity contribution in [1.82, 2.24) is 15.0 Å². The second kappa shape index (κ2) is 7.34. The molecule has 0 fully saturated rings. The number of aromatic amines is 1. The summed E-state index contributed by atoms with van der Waals surface area (Å²) >= 11 is 0.